The molecule has 1 saturated heterocycles. The summed E-state index contributed by atoms with van der Waals surface area (Å²) in [6, 6.07) is 0. The van der Waals surface area contributed by atoms with E-state index in [2.05, 4.69) is 0 Å². The number of aliphatic hydroxyl groups is 1. The third kappa shape index (κ3) is 2.51. The number of hydrogen-bond donors (Lipinski definition) is 1. The van der Waals surface area contributed by atoms with Crippen LogP contribution in [0.4, 0.5) is 0 Å². The molecular weight excluding hydrogens is 218 g/mol. The van der Waals surface area contributed by atoms with Crippen LogP contribution in [-0.2, 0) is 9.59 Å². The summed E-state index contributed by atoms with van der Waals surface area (Å²) in [7, 11) is 0. The van der Waals surface area contributed by atoms with Gasteiger partial charge in [-0.2, -0.15) is 0 Å². The first-order valence-corrected chi connectivity index (χ1v) is 6.40. The molecule has 1 rings (SSSR count). The Labute approximate surface area is 103 Å². The Balaban J connectivity index is 2.82. The van der Waals surface area contributed by atoms with Gasteiger partial charge in [-0.25, -0.2) is 0 Å². The Morgan fingerprint density at radius 3 is 2.18 bits per heavy atom. The lowest BCUT2D eigenvalue weighted by Crippen LogP contribution is -2.41. The Morgan fingerprint density at radius 1 is 1.29 bits per heavy atom. The van der Waals surface area contributed by atoms with Gasteiger partial charge in [0.05, 0.1) is 18.1 Å². The molecule has 0 aromatic rings. The quantitative estimate of drug-likeness (QED) is 0.743. The first-order valence-electron chi connectivity index (χ1n) is 6.40. The molecule has 4 nitrogen and oxygen atoms in total. The minimum atomic E-state index is -0.632. The second kappa shape index (κ2) is 5.17. The lowest BCUT2D eigenvalue weighted by atomic mass is 9.81. The van der Waals surface area contributed by atoms with Crippen molar-refractivity contribution < 1.29 is 14.7 Å². The fourth-order valence-corrected chi connectivity index (χ4v) is 2.25. The summed E-state index contributed by atoms with van der Waals surface area (Å²) in [4.78, 5) is 25.4. The predicted molar refractivity (Wildman–Crippen MR) is 65.2 cm³/mol. The van der Waals surface area contributed by atoms with Gasteiger partial charge in [0, 0.05) is 6.42 Å². The third-order valence-corrected chi connectivity index (χ3v) is 3.98. The standard InChI is InChI=1S/C13H23NO3/c1-5-13(6-2)7-11(16)14(12(13)17)8-10(15)9(3)4/h9-10,15H,5-8H2,1-4H3. The summed E-state index contributed by atoms with van der Waals surface area (Å²) in [6.45, 7) is 7.77. The first-order chi connectivity index (χ1) is 7.88. The zero-order valence-electron chi connectivity index (χ0n) is 11.2. The van der Waals surface area contributed by atoms with Crippen LogP contribution in [0.5, 0.6) is 0 Å². The van der Waals surface area contributed by atoms with Crippen molar-refractivity contribution in [3.63, 3.8) is 0 Å². The zero-order valence-corrected chi connectivity index (χ0v) is 11.2. The molecule has 1 aliphatic rings. The zero-order chi connectivity index (χ0) is 13.2. The average Bonchev–Trinajstić information content (AvgIpc) is 2.53. The van der Waals surface area contributed by atoms with Gasteiger partial charge in [0.2, 0.25) is 11.8 Å². The van der Waals surface area contributed by atoms with Crippen molar-refractivity contribution in [1.29, 1.82) is 0 Å². The molecule has 1 atom stereocenters. The van der Waals surface area contributed by atoms with Gasteiger partial charge in [0.1, 0.15) is 0 Å². The molecule has 17 heavy (non-hydrogen) atoms. The van der Waals surface area contributed by atoms with Crippen molar-refractivity contribution in [2.75, 3.05) is 6.54 Å². The number of rotatable bonds is 5. The topological polar surface area (TPSA) is 57.6 Å². The van der Waals surface area contributed by atoms with Gasteiger partial charge in [-0.3, -0.25) is 14.5 Å². The Bertz CT molecular complexity index is 308. The number of likely N-dealkylation sites (tertiary alicyclic amines) is 1. The van der Waals surface area contributed by atoms with E-state index in [4.69, 9.17) is 0 Å². The van der Waals surface area contributed by atoms with Crippen LogP contribution >= 0.6 is 0 Å². The molecule has 98 valence electrons. The number of amides is 2. The second-order valence-electron chi connectivity index (χ2n) is 5.29. The summed E-state index contributed by atoms with van der Waals surface area (Å²) in [5.74, 6) is -0.195. The van der Waals surface area contributed by atoms with Gasteiger partial charge in [0.15, 0.2) is 0 Å². The largest absolute Gasteiger partial charge is 0.391 e. The highest BCUT2D eigenvalue weighted by Crippen LogP contribution is 2.39. The molecule has 1 fully saturated rings. The van der Waals surface area contributed by atoms with Gasteiger partial charge in [-0.1, -0.05) is 27.7 Å². The van der Waals surface area contributed by atoms with E-state index < -0.39 is 11.5 Å². The predicted octanol–water partition coefficient (Wildman–Crippen LogP) is 1.57. The van der Waals surface area contributed by atoms with Crippen molar-refractivity contribution in [2.24, 2.45) is 11.3 Å². The van der Waals surface area contributed by atoms with Crippen LogP contribution in [0.25, 0.3) is 0 Å². The second-order valence-corrected chi connectivity index (χ2v) is 5.29. The number of nitrogens with zero attached hydrogens (tertiary/aromatic N) is 1. The number of imide groups is 1. The van der Waals surface area contributed by atoms with Crippen LogP contribution in [0.3, 0.4) is 0 Å². The number of carbonyl (C=O) groups excluding carboxylic acids is 2. The molecule has 1 N–H and O–H groups in total. The fourth-order valence-electron chi connectivity index (χ4n) is 2.25. The van der Waals surface area contributed by atoms with E-state index in [1.807, 2.05) is 27.7 Å². The average molecular weight is 241 g/mol. The molecule has 0 aromatic heterocycles. The minimum absolute atomic E-state index is 0.0499. The molecule has 2 amide bonds. The van der Waals surface area contributed by atoms with E-state index in [0.29, 0.717) is 19.3 Å². The van der Waals surface area contributed by atoms with E-state index in [1.165, 1.54) is 4.90 Å². The molecule has 0 saturated carbocycles. The Kier molecular flexibility index (Phi) is 4.31. The summed E-state index contributed by atoms with van der Waals surface area (Å²) in [6.07, 6.45) is 1.03. The number of hydrogen-bond acceptors (Lipinski definition) is 3. The van der Waals surface area contributed by atoms with Gasteiger partial charge in [0.25, 0.3) is 0 Å². The van der Waals surface area contributed by atoms with Crippen molar-refractivity contribution in [2.45, 2.75) is 53.1 Å². The van der Waals surface area contributed by atoms with Gasteiger partial charge in [-0.05, 0) is 18.8 Å². The molecule has 0 bridgehead atoms. The SMILES string of the molecule is CCC1(CC)CC(=O)N(CC(O)C(C)C)C1=O. The molecule has 4 heteroatoms. The smallest absolute Gasteiger partial charge is 0.235 e. The highest BCUT2D eigenvalue weighted by atomic mass is 16.3. The van der Waals surface area contributed by atoms with E-state index in [1.54, 1.807) is 0 Å². The van der Waals surface area contributed by atoms with E-state index in [-0.39, 0.29) is 24.3 Å². The molecule has 0 aromatic carbocycles. The lowest BCUT2D eigenvalue weighted by molar-refractivity contribution is -0.143. The maximum absolute atomic E-state index is 12.3. The van der Waals surface area contributed by atoms with Crippen molar-refractivity contribution >= 4 is 11.8 Å². The van der Waals surface area contributed by atoms with Crippen LogP contribution in [0, 0.1) is 11.3 Å². The van der Waals surface area contributed by atoms with Gasteiger partial charge >= 0.3 is 0 Å². The van der Waals surface area contributed by atoms with Crippen molar-refractivity contribution in [3.8, 4) is 0 Å². The lowest BCUT2D eigenvalue weighted by Gasteiger charge is -2.25. The van der Waals surface area contributed by atoms with Gasteiger partial charge in [-0.15, -0.1) is 0 Å². The van der Waals surface area contributed by atoms with E-state index in [9.17, 15) is 14.7 Å². The Hall–Kier alpha value is -0.900. The highest BCUT2D eigenvalue weighted by molar-refractivity contribution is 6.05. The summed E-state index contributed by atoms with van der Waals surface area (Å²) >= 11 is 0. The number of carbonyl (C=O) groups is 2. The molecule has 1 aliphatic heterocycles. The van der Waals surface area contributed by atoms with Crippen LogP contribution in [0.1, 0.15) is 47.0 Å². The highest BCUT2D eigenvalue weighted by Gasteiger charge is 2.49. The summed E-state index contributed by atoms with van der Waals surface area (Å²) in [5.41, 5.74) is -0.520. The minimum Gasteiger partial charge on any atom is -0.391 e. The molecule has 0 radical (unpaired) electrons. The molecule has 0 aliphatic carbocycles. The maximum atomic E-state index is 12.3. The van der Waals surface area contributed by atoms with Crippen molar-refractivity contribution in [3.05, 3.63) is 0 Å². The first kappa shape index (κ1) is 14.2. The molecular formula is C13H23NO3. The third-order valence-electron chi connectivity index (χ3n) is 3.98. The molecule has 1 heterocycles. The summed E-state index contributed by atoms with van der Waals surface area (Å²) < 4.78 is 0. The van der Waals surface area contributed by atoms with Crippen LogP contribution in [0.15, 0.2) is 0 Å². The van der Waals surface area contributed by atoms with Gasteiger partial charge < -0.3 is 5.11 Å². The summed E-state index contributed by atoms with van der Waals surface area (Å²) in [5, 5.41) is 9.79. The molecule has 0 spiro atoms. The van der Waals surface area contributed by atoms with Crippen molar-refractivity contribution in [1.82, 2.24) is 4.90 Å². The monoisotopic (exact) mass is 241 g/mol. The number of aliphatic hydroxyl groups excluding tert-OH is 1. The van der Waals surface area contributed by atoms with E-state index in [0.717, 1.165) is 0 Å². The maximum Gasteiger partial charge on any atom is 0.235 e. The number of β-amino-alcohol motifs (C(OH)–C–C–N with tert-alkyl or cyclic N) is 1. The van der Waals surface area contributed by atoms with Crippen LogP contribution in [0.2, 0.25) is 0 Å². The van der Waals surface area contributed by atoms with E-state index >= 15 is 0 Å². The van der Waals surface area contributed by atoms with Crippen LogP contribution < -0.4 is 0 Å². The fraction of sp³-hybridized carbons (Fsp3) is 0.846. The Morgan fingerprint density at radius 2 is 1.82 bits per heavy atom. The van der Waals surface area contributed by atoms with Crippen LogP contribution in [-0.4, -0.2) is 34.5 Å². The molecule has 1 unspecified atom stereocenters. The normalized spacial score (nSPS) is 21.4.